The number of nitrogens with one attached hydrogen (secondary N) is 2. The molecule has 0 aliphatic heterocycles. The van der Waals surface area contributed by atoms with Crippen molar-refractivity contribution >= 4 is 21.6 Å². The Labute approximate surface area is 155 Å². The molecule has 0 spiro atoms. The van der Waals surface area contributed by atoms with E-state index in [0.717, 1.165) is 18.4 Å². The van der Waals surface area contributed by atoms with E-state index in [9.17, 15) is 13.2 Å². The Morgan fingerprint density at radius 1 is 1.04 bits per heavy atom. The van der Waals surface area contributed by atoms with Crippen molar-refractivity contribution in [1.82, 2.24) is 4.72 Å². The van der Waals surface area contributed by atoms with Crippen LogP contribution in [0.2, 0.25) is 0 Å². The van der Waals surface area contributed by atoms with Crippen molar-refractivity contribution in [3.05, 3.63) is 60.2 Å². The maximum absolute atomic E-state index is 12.2. The average molecular weight is 375 g/mol. The fraction of sp³-hybridized carbons (Fsp3) is 0.350. The number of unbranched alkanes of at least 4 members (excludes halogenated alkanes) is 1. The number of sulfonamides is 1. The number of rotatable bonds is 9. The zero-order valence-corrected chi connectivity index (χ0v) is 16.1. The Hall–Kier alpha value is -2.18. The third-order valence-electron chi connectivity index (χ3n) is 4.13. The summed E-state index contributed by atoms with van der Waals surface area (Å²) in [5, 5.41) is 2.82. The lowest BCUT2D eigenvalue weighted by Crippen LogP contribution is -2.24. The molecule has 2 aromatic carbocycles. The second kappa shape index (κ2) is 9.50. The van der Waals surface area contributed by atoms with Gasteiger partial charge in [-0.15, -0.1) is 0 Å². The summed E-state index contributed by atoms with van der Waals surface area (Å²) in [6.45, 7) is 4.44. The molecule has 140 valence electrons. The summed E-state index contributed by atoms with van der Waals surface area (Å²) in [4.78, 5) is 12.4. The molecule has 26 heavy (non-hydrogen) atoms. The molecule has 5 nitrogen and oxygen atoms in total. The highest BCUT2D eigenvalue weighted by molar-refractivity contribution is 7.89. The average Bonchev–Trinajstić information content (AvgIpc) is 2.63. The van der Waals surface area contributed by atoms with Crippen LogP contribution in [0.15, 0.2) is 59.5 Å². The largest absolute Gasteiger partial charge is 0.326 e. The van der Waals surface area contributed by atoms with Crippen LogP contribution in [0.5, 0.6) is 0 Å². The zero-order chi connectivity index (χ0) is 19.0. The van der Waals surface area contributed by atoms with Crippen molar-refractivity contribution in [1.29, 1.82) is 0 Å². The van der Waals surface area contributed by atoms with Gasteiger partial charge < -0.3 is 5.32 Å². The molecule has 0 aliphatic rings. The Morgan fingerprint density at radius 2 is 1.69 bits per heavy atom. The molecule has 2 N–H and O–H groups in total. The van der Waals surface area contributed by atoms with Gasteiger partial charge in [-0.2, -0.15) is 0 Å². The van der Waals surface area contributed by atoms with Crippen LogP contribution in [0.4, 0.5) is 5.69 Å². The molecule has 0 saturated carbocycles. The second-order valence-corrected chi connectivity index (χ2v) is 8.11. The number of anilines is 1. The highest BCUT2D eigenvalue weighted by Crippen LogP contribution is 2.20. The molecule has 2 rings (SSSR count). The minimum absolute atomic E-state index is 0.0990. The molecule has 0 aliphatic carbocycles. The van der Waals surface area contributed by atoms with Crippen molar-refractivity contribution in [2.75, 3.05) is 11.9 Å². The lowest BCUT2D eigenvalue weighted by atomic mass is 9.97. The van der Waals surface area contributed by atoms with E-state index in [-0.39, 0.29) is 16.7 Å². The normalized spacial score (nSPS) is 12.5. The molecule has 0 bridgehead atoms. The van der Waals surface area contributed by atoms with Gasteiger partial charge in [0, 0.05) is 18.7 Å². The minimum atomic E-state index is -3.50. The summed E-state index contributed by atoms with van der Waals surface area (Å²) in [5.41, 5.74) is 1.70. The van der Waals surface area contributed by atoms with Crippen molar-refractivity contribution in [3.63, 3.8) is 0 Å². The minimum Gasteiger partial charge on any atom is -0.326 e. The van der Waals surface area contributed by atoms with E-state index >= 15 is 0 Å². The Kier molecular flexibility index (Phi) is 7.36. The molecule has 1 atom stereocenters. The SMILES string of the molecule is CCCCNS(=O)(=O)c1ccc(NC(=O)C[C@@H](C)c2ccccc2)cc1. The van der Waals surface area contributed by atoms with Crippen molar-refractivity contribution in [2.24, 2.45) is 0 Å². The van der Waals surface area contributed by atoms with E-state index in [0.29, 0.717) is 18.7 Å². The first-order valence-electron chi connectivity index (χ1n) is 8.87. The maximum Gasteiger partial charge on any atom is 0.240 e. The number of carbonyl (C=O) groups is 1. The fourth-order valence-corrected chi connectivity index (χ4v) is 3.65. The van der Waals surface area contributed by atoms with Crippen LogP contribution in [-0.2, 0) is 14.8 Å². The Morgan fingerprint density at radius 3 is 2.31 bits per heavy atom. The number of benzene rings is 2. The van der Waals surface area contributed by atoms with Crippen LogP contribution in [0, 0.1) is 0 Å². The van der Waals surface area contributed by atoms with Gasteiger partial charge in [0.2, 0.25) is 15.9 Å². The summed E-state index contributed by atoms with van der Waals surface area (Å²) in [6, 6.07) is 16.1. The van der Waals surface area contributed by atoms with Gasteiger partial charge in [-0.25, -0.2) is 13.1 Å². The third kappa shape index (κ3) is 5.97. The summed E-state index contributed by atoms with van der Waals surface area (Å²) < 4.78 is 26.9. The van der Waals surface area contributed by atoms with Crippen LogP contribution in [0.3, 0.4) is 0 Å². The lowest BCUT2D eigenvalue weighted by molar-refractivity contribution is -0.116. The van der Waals surface area contributed by atoms with Crippen molar-refractivity contribution in [2.45, 2.75) is 43.9 Å². The Balaban J connectivity index is 1.93. The summed E-state index contributed by atoms with van der Waals surface area (Å²) in [7, 11) is -3.50. The first kappa shape index (κ1) is 20.1. The molecule has 0 heterocycles. The maximum atomic E-state index is 12.2. The lowest BCUT2D eigenvalue weighted by Gasteiger charge is -2.12. The topological polar surface area (TPSA) is 75.3 Å². The van der Waals surface area contributed by atoms with E-state index in [4.69, 9.17) is 0 Å². The molecule has 0 saturated heterocycles. The van der Waals surface area contributed by atoms with Gasteiger partial charge >= 0.3 is 0 Å². The molecule has 0 radical (unpaired) electrons. The molecular weight excluding hydrogens is 348 g/mol. The highest BCUT2D eigenvalue weighted by atomic mass is 32.2. The number of carbonyl (C=O) groups excluding carboxylic acids is 1. The van der Waals surface area contributed by atoms with E-state index in [1.807, 2.05) is 44.2 Å². The van der Waals surface area contributed by atoms with Crippen LogP contribution in [-0.4, -0.2) is 20.9 Å². The van der Waals surface area contributed by atoms with Crippen molar-refractivity contribution in [3.8, 4) is 0 Å². The number of hydrogen-bond acceptors (Lipinski definition) is 3. The van der Waals surface area contributed by atoms with Gasteiger partial charge in [-0.3, -0.25) is 4.79 Å². The smallest absolute Gasteiger partial charge is 0.240 e. The highest BCUT2D eigenvalue weighted by Gasteiger charge is 2.14. The molecule has 0 aromatic heterocycles. The summed E-state index contributed by atoms with van der Waals surface area (Å²) in [6.07, 6.45) is 2.09. The first-order chi connectivity index (χ1) is 12.4. The molecule has 6 heteroatoms. The van der Waals surface area contributed by atoms with Crippen molar-refractivity contribution < 1.29 is 13.2 Å². The quantitative estimate of drug-likeness (QED) is 0.654. The summed E-state index contributed by atoms with van der Waals surface area (Å²) in [5.74, 6) is 0.0108. The fourth-order valence-electron chi connectivity index (χ4n) is 2.57. The monoisotopic (exact) mass is 374 g/mol. The molecule has 0 fully saturated rings. The standard InChI is InChI=1S/C20H26N2O3S/c1-3-4-14-21-26(24,25)19-12-10-18(11-13-19)22-20(23)15-16(2)17-8-6-5-7-9-17/h5-13,16,21H,3-4,14-15H2,1-2H3,(H,22,23)/t16-/m1/s1. The second-order valence-electron chi connectivity index (χ2n) is 6.34. The predicted molar refractivity (Wildman–Crippen MR) is 105 cm³/mol. The van der Waals surface area contributed by atoms with Crippen LogP contribution in [0.25, 0.3) is 0 Å². The predicted octanol–water partition coefficient (Wildman–Crippen LogP) is 3.90. The van der Waals surface area contributed by atoms with Gasteiger partial charge in [-0.1, -0.05) is 50.6 Å². The van der Waals surface area contributed by atoms with E-state index in [1.54, 1.807) is 12.1 Å². The molecule has 1 amide bonds. The van der Waals surface area contributed by atoms with Crippen LogP contribution < -0.4 is 10.0 Å². The van der Waals surface area contributed by atoms with Gasteiger partial charge in [0.05, 0.1) is 4.90 Å². The van der Waals surface area contributed by atoms with Gasteiger partial charge in [0.25, 0.3) is 0 Å². The van der Waals surface area contributed by atoms with E-state index < -0.39 is 10.0 Å². The molecular formula is C20H26N2O3S. The van der Waals surface area contributed by atoms with Crippen LogP contribution in [0.1, 0.15) is 44.6 Å². The number of hydrogen-bond donors (Lipinski definition) is 2. The van der Waals surface area contributed by atoms with E-state index in [1.165, 1.54) is 12.1 Å². The van der Waals surface area contributed by atoms with Gasteiger partial charge in [0.15, 0.2) is 0 Å². The van der Waals surface area contributed by atoms with E-state index in [2.05, 4.69) is 10.0 Å². The molecule has 0 unspecified atom stereocenters. The third-order valence-corrected chi connectivity index (χ3v) is 5.61. The summed E-state index contributed by atoms with van der Waals surface area (Å²) >= 11 is 0. The number of amides is 1. The van der Waals surface area contributed by atoms with Crippen LogP contribution >= 0.6 is 0 Å². The molecule has 2 aromatic rings. The van der Waals surface area contributed by atoms with Gasteiger partial charge in [0.1, 0.15) is 0 Å². The first-order valence-corrected chi connectivity index (χ1v) is 10.3. The zero-order valence-electron chi connectivity index (χ0n) is 15.2. The van der Waals surface area contributed by atoms with Gasteiger partial charge in [-0.05, 0) is 42.2 Å². The Bertz CT molecular complexity index is 803.